The van der Waals surface area contributed by atoms with Crippen molar-refractivity contribution in [3.05, 3.63) is 40.9 Å². The summed E-state index contributed by atoms with van der Waals surface area (Å²) in [4.78, 5) is 12.4. The maximum Gasteiger partial charge on any atom is 0.228 e. The van der Waals surface area contributed by atoms with Crippen molar-refractivity contribution < 1.29 is 4.79 Å². The molecule has 1 aromatic rings. The molecule has 106 valence electrons. The van der Waals surface area contributed by atoms with Crippen molar-refractivity contribution in [2.24, 2.45) is 17.8 Å². The average Bonchev–Trinajstić information content (AvgIpc) is 3.05. The van der Waals surface area contributed by atoms with Crippen LogP contribution < -0.4 is 5.32 Å². The highest BCUT2D eigenvalue weighted by atomic mass is 35.5. The number of rotatable bonds is 2. The molecule has 1 amide bonds. The minimum absolute atomic E-state index is 0.168. The third-order valence-electron chi connectivity index (χ3n) is 4.57. The summed E-state index contributed by atoms with van der Waals surface area (Å²) in [6, 6.07) is 5.70. The smallest absolute Gasteiger partial charge is 0.228 e. The van der Waals surface area contributed by atoms with Crippen molar-refractivity contribution >= 4 is 23.2 Å². The van der Waals surface area contributed by atoms with E-state index in [9.17, 15) is 4.79 Å². The van der Waals surface area contributed by atoms with Gasteiger partial charge >= 0.3 is 0 Å². The number of halogens is 1. The van der Waals surface area contributed by atoms with Gasteiger partial charge in [0.05, 0.1) is 0 Å². The molecule has 0 bridgehead atoms. The lowest BCUT2D eigenvalue weighted by Gasteiger charge is -2.06. The van der Waals surface area contributed by atoms with Gasteiger partial charge in [0.25, 0.3) is 0 Å². The van der Waals surface area contributed by atoms with Crippen LogP contribution in [0.2, 0.25) is 5.02 Å². The van der Waals surface area contributed by atoms with Crippen LogP contribution in [0, 0.1) is 24.7 Å². The molecule has 0 spiro atoms. The van der Waals surface area contributed by atoms with Crippen LogP contribution in [0.5, 0.6) is 0 Å². The Hall–Kier alpha value is -1.28. The maximum absolute atomic E-state index is 12.4. The van der Waals surface area contributed by atoms with Gasteiger partial charge in [-0.15, -0.1) is 0 Å². The topological polar surface area (TPSA) is 29.1 Å². The minimum atomic E-state index is 0.168. The van der Waals surface area contributed by atoms with E-state index in [2.05, 4.69) is 17.5 Å². The summed E-state index contributed by atoms with van der Waals surface area (Å²) >= 11 is 6.10. The van der Waals surface area contributed by atoms with E-state index in [1.165, 1.54) is 0 Å². The summed E-state index contributed by atoms with van der Waals surface area (Å²) in [7, 11) is 0. The van der Waals surface area contributed by atoms with Crippen LogP contribution in [-0.2, 0) is 4.79 Å². The largest absolute Gasteiger partial charge is 0.326 e. The number of amides is 1. The number of hydrogen-bond donors (Lipinski definition) is 1. The minimum Gasteiger partial charge on any atom is -0.326 e. The van der Waals surface area contributed by atoms with Crippen molar-refractivity contribution in [3.8, 4) is 0 Å². The summed E-state index contributed by atoms with van der Waals surface area (Å²) in [5.41, 5.74) is 1.84. The first kappa shape index (κ1) is 13.7. The quantitative estimate of drug-likeness (QED) is 0.793. The van der Waals surface area contributed by atoms with Crippen LogP contribution in [0.3, 0.4) is 0 Å². The molecule has 2 atom stereocenters. The molecule has 0 aromatic heterocycles. The van der Waals surface area contributed by atoms with Gasteiger partial charge < -0.3 is 5.32 Å². The number of nitrogens with one attached hydrogen (secondary N) is 1. The van der Waals surface area contributed by atoms with E-state index in [1.807, 2.05) is 25.1 Å². The standard InChI is InChI=1S/C17H20ClNO/c1-11-8-9-12(10-15(11)18)19-17(20)16-13-6-4-2-3-5-7-14(13)16/h2-3,8-10,13-14,16H,4-7H2,1H3,(H,19,20)/b3-2-/t13-,14-/m1/s1. The van der Waals surface area contributed by atoms with E-state index in [0.717, 1.165) is 36.9 Å². The molecule has 0 aliphatic heterocycles. The Balaban J connectivity index is 1.64. The van der Waals surface area contributed by atoms with E-state index in [4.69, 9.17) is 11.6 Å². The average molecular weight is 290 g/mol. The Labute approximate surface area is 125 Å². The van der Waals surface area contributed by atoms with Crippen molar-refractivity contribution in [3.63, 3.8) is 0 Å². The lowest BCUT2D eigenvalue weighted by Crippen LogP contribution is -2.15. The molecule has 1 aromatic carbocycles. The Morgan fingerprint density at radius 1 is 1.20 bits per heavy atom. The van der Waals surface area contributed by atoms with Crippen LogP contribution in [0.25, 0.3) is 0 Å². The number of carbonyl (C=O) groups is 1. The van der Waals surface area contributed by atoms with Gasteiger partial charge in [0.1, 0.15) is 0 Å². The number of anilines is 1. The third-order valence-corrected chi connectivity index (χ3v) is 4.98. The summed E-state index contributed by atoms with van der Waals surface area (Å²) in [6.07, 6.45) is 9.02. The molecule has 3 heteroatoms. The molecule has 1 fully saturated rings. The van der Waals surface area contributed by atoms with Gasteiger partial charge in [-0.25, -0.2) is 0 Å². The summed E-state index contributed by atoms with van der Waals surface area (Å²) in [5, 5.41) is 3.73. The maximum atomic E-state index is 12.4. The van der Waals surface area contributed by atoms with E-state index in [0.29, 0.717) is 16.9 Å². The molecule has 1 saturated carbocycles. The highest BCUT2D eigenvalue weighted by molar-refractivity contribution is 6.31. The second kappa shape index (κ2) is 5.61. The number of carbonyl (C=O) groups excluding carboxylic acids is 1. The van der Waals surface area contributed by atoms with Gasteiger partial charge in [-0.3, -0.25) is 4.79 Å². The number of hydrogen-bond acceptors (Lipinski definition) is 1. The molecule has 2 aliphatic rings. The molecule has 0 heterocycles. The second-order valence-electron chi connectivity index (χ2n) is 5.93. The first-order valence-corrected chi connectivity index (χ1v) is 7.76. The highest BCUT2D eigenvalue weighted by Gasteiger charge is 2.53. The number of aryl methyl sites for hydroxylation is 1. The Morgan fingerprint density at radius 3 is 2.45 bits per heavy atom. The second-order valence-corrected chi connectivity index (χ2v) is 6.34. The lowest BCUT2D eigenvalue weighted by molar-refractivity contribution is -0.117. The van der Waals surface area contributed by atoms with Gasteiger partial charge in [-0.2, -0.15) is 0 Å². The zero-order chi connectivity index (χ0) is 14.1. The fraction of sp³-hybridized carbons (Fsp3) is 0.471. The molecule has 3 rings (SSSR count). The number of allylic oxidation sites excluding steroid dienone is 2. The Kier molecular flexibility index (Phi) is 3.84. The Morgan fingerprint density at radius 2 is 1.85 bits per heavy atom. The zero-order valence-corrected chi connectivity index (χ0v) is 12.5. The van der Waals surface area contributed by atoms with Crippen molar-refractivity contribution in [2.75, 3.05) is 5.32 Å². The summed E-state index contributed by atoms with van der Waals surface area (Å²) < 4.78 is 0. The molecule has 0 radical (unpaired) electrons. The van der Waals surface area contributed by atoms with E-state index in [-0.39, 0.29) is 11.8 Å². The van der Waals surface area contributed by atoms with E-state index >= 15 is 0 Å². The first-order valence-electron chi connectivity index (χ1n) is 7.39. The van der Waals surface area contributed by atoms with Gasteiger partial charge in [-0.1, -0.05) is 29.8 Å². The van der Waals surface area contributed by atoms with Crippen molar-refractivity contribution in [2.45, 2.75) is 32.6 Å². The summed E-state index contributed by atoms with van der Waals surface area (Å²) in [6.45, 7) is 1.96. The van der Waals surface area contributed by atoms with Gasteiger partial charge in [0.15, 0.2) is 0 Å². The normalized spacial score (nSPS) is 29.8. The molecule has 0 saturated heterocycles. The number of benzene rings is 1. The van der Waals surface area contributed by atoms with Crippen LogP contribution >= 0.6 is 11.6 Å². The molecular weight excluding hydrogens is 270 g/mol. The molecule has 2 aliphatic carbocycles. The van der Waals surface area contributed by atoms with Gasteiger partial charge in [0.2, 0.25) is 5.91 Å². The van der Waals surface area contributed by atoms with E-state index in [1.54, 1.807) is 0 Å². The van der Waals surface area contributed by atoms with Crippen molar-refractivity contribution in [1.82, 2.24) is 0 Å². The number of fused-ring (bicyclic) bond motifs is 1. The van der Waals surface area contributed by atoms with Crippen LogP contribution in [-0.4, -0.2) is 5.91 Å². The molecule has 20 heavy (non-hydrogen) atoms. The van der Waals surface area contributed by atoms with Gasteiger partial charge in [0, 0.05) is 16.6 Å². The first-order chi connectivity index (χ1) is 9.66. The monoisotopic (exact) mass is 289 g/mol. The Bertz CT molecular complexity index is 536. The van der Waals surface area contributed by atoms with E-state index < -0.39 is 0 Å². The molecule has 1 N–H and O–H groups in total. The van der Waals surface area contributed by atoms with Crippen molar-refractivity contribution in [1.29, 1.82) is 0 Å². The SMILES string of the molecule is Cc1ccc(NC(=O)C2[C@@H]3CC/C=C\CC[C@@H]23)cc1Cl. The molecule has 2 nitrogen and oxygen atoms in total. The fourth-order valence-electron chi connectivity index (χ4n) is 3.33. The predicted octanol–water partition coefficient (Wildman–Crippen LogP) is 4.58. The van der Waals surface area contributed by atoms with Crippen LogP contribution in [0.15, 0.2) is 30.4 Å². The fourth-order valence-corrected chi connectivity index (χ4v) is 3.51. The lowest BCUT2D eigenvalue weighted by atomic mass is 10.1. The van der Waals surface area contributed by atoms with Gasteiger partial charge in [-0.05, 0) is 62.1 Å². The molecule has 0 unspecified atom stereocenters. The van der Waals surface area contributed by atoms with Crippen LogP contribution in [0.1, 0.15) is 31.2 Å². The highest BCUT2D eigenvalue weighted by Crippen LogP contribution is 2.53. The predicted molar refractivity (Wildman–Crippen MR) is 82.9 cm³/mol. The zero-order valence-electron chi connectivity index (χ0n) is 11.7. The summed E-state index contributed by atoms with van der Waals surface area (Å²) in [5.74, 6) is 1.54. The third kappa shape index (κ3) is 2.76. The van der Waals surface area contributed by atoms with Crippen LogP contribution in [0.4, 0.5) is 5.69 Å². The molecular formula is C17H20ClNO.